The number of hydrogen-bond acceptors (Lipinski definition) is 4. The van der Waals surface area contributed by atoms with Crippen LogP contribution in [0.1, 0.15) is 10.4 Å². The van der Waals surface area contributed by atoms with E-state index in [1.165, 1.54) is 7.11 Å². The lowest BCUT2D eigenvalue weighted by Crippen LogP contribution is -2.08. The van der Waals surface area contributed by atoms with Gasteiger partial charge < -0.3 is 9.15 Å². The molecule has 0 bridgehead atoms. The highest BCUT2D eigenvalue weighted by Crippen LogP contribution is 2.24. The second kappa shape index (κ2) is 4.24. The fourth-order valence-corrected chi connectivity index (χ4v) is 2.13. The van der Waals surface area contributed by atoms with E-state index in [0.29, 0.717) is 11.0 Å². The lowest BCUT2D eigenvalue weighted by atomic mass is 10.0. The molecule has 19 heavy (non-hydrogen) atoms. The number of benzene rings is 2. The van der Waals surface area contributed by atoms with Gasteiger partial charge in [0.05, 0.1) is 12.7 Å². The number of methoxy groups -OCH3 is 1. The van der Waals surface area contributed by atoms with Crippen molar-refractivity contribution in [1.29, 1.82) is 0 Å². The zero-order valence-corrected chi connectivity index (χ0v) is 10.2. The van der Waals surface area contributed by atoms with Crippen molar-refractivity contribution in [3.05, 3.63) is 58.4 Å². The van der Waals surface area contributed by atoms with Crippen molar-refractivity contribution >= 4 is 27.7 Å². The number of rotatable bonds is 1. The molecule has 0 unspecified atom stereocenters. The molecule has 3 aromatic rings. The Bertz CT molecular complexity index is 846. The van der Waals surface area contributed by atoms with Crippen molar-refractivity contribution in [2.45, 2.75) is 0 Å². The molecule has 0 N–H and O–H groups in total. The van der Waals surface area contributed by atoms with E-state index in [1.54, 1.807) is 6.07 Å². The summed E-state index contributed by atoms with van der Waals surface area (Å²) in [7, 11) is 1.28. The molecular formula is C15H10O4. The average Bonchev–Trinajstić information content (AvgIpc) is 2.43. The summed E-state index contributed by atoms with van der Waals surface area (Å²) in [5.41, 5.74) is 0.0364. The minimum atomic E-state index is -0.566. The normalized spacial score (nSPS) is 10.8. The van der Waals surface area contributed by atoms with Crippen molar-refractivity contribution in [1.82, 2.24) is 0 Å². The standard InChI is InChI=1S/C15H10O4/c1-18-15(17)12-8-14(16)19-13-7-10-5-3-2-4-9(10)6-11(12)13/h2-8H,1H3. The summed E-state index contributed by atoms with van der Waals surface area (Å²) in [5.74, 6) is -0.548. The highest BCUT2D eigenvalue weighted by atomic mass is 16.5. The molecule has 0 aliphatic carbocycles. The van der Waals surface area contributed by atoms with Crippen LogP contribution in [-0.4, -0.2) is 13.1 Å². The minimum Gasteiger partial charge on any atom is -0.465 e. The first-order valence-corrected chi connectivity index (χ1v) is 5.74. The molecule has 0 spiro atoms. The number of carbonyl (C=O) groups is 1. The predicted molar refractivity (Wildman–Crippen MR) is 71.3 cm³/mol. The van der Waals surface area contributed by atoms with Gasteiger partial charge in [-0.3, -0.25) is 0 Å². The Labute approximate surface area is 108 Å². The molecule has 0 saturated heterocycles. The summed E-state index contributed by atoms with van der Waals surface area (Å²) in [5, 5.41) is 2.49. The van der Waals surface area contributed by atoms with Gasteiger partial charge in [0.1, 0.15) is 5.58 Å². The molecule has 1 heterocycles. The fourth-order valence-electron chi connectivity index (χ4n) is 2.13. The molecular weight excluding hydrogens is 244 g/mol. The van der Waals surface area contributed by atoms with E-state index in [0.717, 1.165) is 16.8 Å². The summed E-state index contributed by atoms with van der Waals surface area (Å²) in [6.45, 7) is 0. The SMILES string of the molecule is COC(=O)c1cc(=O)oc2cc3ccccc3cc12. The molecule has 0 amide bonds. The molecule has 0 aliphatic rings. The van der Waals surface area contributed by atoms with Gasteiger partial charge in [0.15, 0.2) is 0 Å². The van der Waals surface area contributed by atoms with Crippen LogP contribution in [-0.2, 0) is 4.74 Å². The third kappa shape index (κ3) is 1.87. The monoisotopic (exact) mass is 254 g/mol. The van der Waals surface area contributed by atoms with Gasteiger partial charge in [0, 0.05) is 11.5 Å². The Morgan fingerprint density at radius 2 is 1.79 bits per heavy atom. The molecule has 3 rings (SSSR count). The summed E-state index contributed by atoms with van der Waals surface area (Å²) < 4.78 is 9.83. The van der Waals surface area contributed by atoms with Crippen LogP contribution in [0.15, 0.2) is 51.7 Å². The highest BCUT2D eigenvalue weighted by Gasteiger charge is 2.14. The Kier molecular flexibility index (Phi) is 2.56. The topological polar surface area (TPSA) is 56.5 Å². The van der Waals surface area contributed by atoms with Crippen molar-refractivity contribution in [2.75, 3.05) is 7.11 Å². The van der Waals surface area contributed by atoms with Gasteiger partial charge in [-0.15, -0.1) is 0 Å². The van der Waals surface area contributed by atoms with Crippen LogP contribution in [0, 0.1) is 0 Å². The van der Waals surface area contributed by atoms with E-state index < -0.39 is 11.6 Å². The van der Waals surface area contributed by atoms with Gasteiger partial charge >= 0.3 is 11.6 Å². The average molecular weight is 254 g/mol. The molecule has 1 aromatic heterocycles. The van der Waals surface area contributed by atoms with Crippen molar-refractivity contribution in [2.24, 2.45) is 0 Å². The second-order valence-corrected chi connectivity index (χ2v) is 4.17. The van der Waals surface area contributed by atoms with Gasteiger partial charge in [0.2, 0.25) is 0 Å². The molecule has 4 nitrogen and oxygen atoms in total. The lowest BCUT2D eigenvalue weighted by molar-refractivity contribution is 0.0602. The Morgan fingerprint density at radius 1 is 1.11 bits per heavy atom. The Balaban J connectivity index is 2.46. The van der Waals surface area contributed by atoms with Gasteiger partial charge in [0.25, 0.3) is 0 Å². The van der Waals surface area contributed by atoms with Gasteiger partial charge in [-0.1, -0.05) is 24.3 Å². The maximum atomic E-state index is 11.7. The van der Waals surface area contributed by atoms with Gasteiger partial charge in [-0.2, -0.15) is 0 Å². The van der Waals surface area contributed by atoms with E-state index in [2.05, 4.69) is 0 Å². The third-order valence-electron chi connectivity index (χ3n) is 3.02. The van der Waals surface area contributed by atoms with E-state index in [9.17, 15) is 9.59 Å². The molecule has 0 aliphatic heterocycles. The largest absolute Gasteiger partial charge is 0.465 e. The first-order valence-electron chi connectivity index (χ1n) is 5.74. The van der Waals surface area contributed by atoms with Gasteiger partial charge in [-0.25, -0.2) is 9.59 Å². The van der Waals surface area contributed by atoms with Crippen LogP contribution >= 0.6 is 0 Å². The second-order valence-electron chi connectivity index (χ2n) is 4.17. The summed E-state index contributed by atoms with van der Waals surface area (Å²) in [6, 6.07) is 12.4. The van der Waals surface area contributed by atoms with Crippen LogP contribution < -0.4 is 5.63 Å². The summed E-state index contributed by atoms with van der Waals surface area (Å²) >= 11 is 0. The number of carbonyl (C=O) groups excluding carboxylic acids is 1. The minimum absolute atomic E-state index is 0.222. The Morgan fingerprint density at radius 3 is 2.47 bits per heavy atom. The van der Waals surface area contributed by atoms with E-state index >= 15 is 0 Å². The van der Waals surface area contributed by atoms with Crippen LogP contribution in [0.25, 0.3) is 21.7 Å². The van der Waals surface area contributed by atoms with Crippen molar-refractivity contribution in [3.8, 4) is 0 Å². The quantitative estimate of drug-likeness (QED) is 0.380. The molecule has 4 heteroatoms. The smallest absolute Gasteiger partial charge is 0.338 e. The summed E-state index contributed by atoms with van der Waals surface area (Å²) in [4.78, 5) is 23.2. The van der Waals surface area contributed by atoms with E-state index in [1.807, 2.05) is 30.3 Å². The van der Waals surface area contributed by atoms with E-state index in [4.69, 9.17) is 9.15 Å². The van der Waals surface area contributed by atoms with Crippen LogP contribution in [0.5, 0.6) is 0 Å². The van der Waals surface area contributed by atoms with Crippen LogP contribution in [0.2, 0.25) is 0 Å². The maximum absolute atomic E-state index is 11.7. The zero-order valence-electron chi connectivity index (χ0n) is 10.2. The highest BCUT2D eigenvalue weighted by molar-refractivity contribution is 6.06. The molecule has 0 atom stereocenters. The fraction of sp³-hybridized carbons (Fsp3) is 0.0667. The first-order chi connectivity index (χ1) is 9.19. The zero-order chi connectivity index (χ0) is 13.4. The first kappa shape index (κ1) is 11.5. The van der Waals surface area contributed by atoms with Crippen LogP contribution in [0.4, 0.5) is 0 Å². The maximum Gasteiger partial charge on any atom is 0.338 e. The number of ether oxygens (including phenoxy) is 1. The number of esters is 1. The number of fused-ring (bicyclic) bond motifs is 2. The van der Waals surface area contributed by atoms with Gasteiger partial charge in [-0.05, 0) is 22.9 Å². The molecule has 0 fully saturated rings. The van der Waals surface area contributed by atoms with Crippen LogP contribution in [0.3, 0.4) is 0 Å². The molecule has 94 valence electrons. The number of hydrogen-bond donors (Lipinski definition) is 0. The Hall–Kier alpha value is -2.62. The molecule has 2 aromatic carbocycles. The van der Waals surface area contributed by atoms with Crippen molar-refractivity contribution < 1.29 is 13.9 Å². The molecule has 0 radical (unpaired) electrons. The summed E-state index contributed by atoms with van der Waals surface area (Å²) in [6.07, 6.45) is 0. The molecule has 0 saturated carbocycles. The third-order valence-corrected chi connectivity index (χ3v) is 3.02. The lowest BCUT2D eigenvalue weighted by Gasteiger charge is -2.05. The predicted octanol–water partition coefficient (Wildman–Crippen LogP) is 2.73. The van der Waals surface area contributed by atoms with Crippen molar-refractivity contribution in [3.63, 3.8) is 0 Å². The van der Waals surface area contributed by atoms with E-state index in [-0.39, 0.29) is 5.56 Å².